The number of hydrogen-bond acceptors (Lipinski definition) is 2. The van der Waals surface area contributed by atoms with Gasteiger partial charge in [0.15, 0.2) is 0 Å². The molecule has 2 nitrogen and oxygen atoms in total. The third-order valence-electron chi connectivity index (χ3n) is 3.25. The van der Waals surface area contributed by atoms with E-state index >= 15 is 0 Å². The van der Waals surface area contributed by atoms with Crippen molar-refractivity contribution in [3.8, 4) is 6.07 Å². The molecule has 0 atom stereocenters. The zero-order chi connectivity index (χ0) is 14.5. The molecule has 0 aliphatic carbocycles. The van der Waals surface area contributed by atoms with Gasteiger partial charge in [0.05, 0.1) is 11.6 Å². The highest BCUT2D eigenvalue weighted by molar-refractivity contribution is 6.30. The van der Waals surface area contributed by atoms with Crippen molar-refractivity contribution in [1.82, 2.24) is 4.90 Å². The molecule has 0 saturated carbocycles. The number of benzene rings is 2. The Labute approximate surface area is 125 Å². The molecule has 2 aromatic carbocycles. The number of halogens is 1. The Balaban J connectivity index is 2.05. The van der Waals surface area contributed by atoms with Crippen LogP contribution in [0.3, 0.4) is 0 Å². The van der Waals surface area contributed by atoms with E-state index < -0.39 is 0 Å². The SMILES string of the molecule is Cc1cc(C#N)ccc1CN(C)Cc1cccc(Cl)c1. The molecule has 0 radical (unpaired) electrons. The molecule has 0 unspecified atom stereocenters. The predicted octanol–water partition coefficient (Wildman–Crippen LogP) is 4.15. The summed E-state index contributed by atoms with van der Waals surface area (Å²) in [6, 6.07) is 15.9. The topological polar surface area (TPSA) is 27.0 Å². The van der Waals surface area contributed by atoms with Crippen molar-refractivity contribution in [2.75, 3.05) is 7.05 Å². The van der Waals surface area contributed by atoms with Gasteiger partial charge in [0, 0.05) is 18.1 Å². The van der Waals surface area contributed by atoms with Crippen LogP contribution in [0.4, 0.5) is 0 Å². The van der Waals surface area contributed by atoms with Gasteiger partial charge in [0.25, 0.3) is 0 Å². The molecule has 2 aromatic rings. The quantitative estimate of drug-likeness (QED) is 0.843. The Bertz CT molecular complexity index is 644. The van der Waals surface area contributed by atoms with Crippen LogP contribution in [-0.4, -0.2) is 11.9 Å². The van der Waals surface area contributed by atoms with Crippen LogP contribution < -0.4 is 0 Å². The molecule has 0 spiro atoms. The second-order valence-electron chi connectivity index (χ2n) is 5.06. The van der Waals surface area contributed by atoms with Crippen LogP contribution in [0.1, 0.15) is 22.3 Å². The molecule has 0 aromatic heterocycles. The summed E-state index contributed by atoms with van der Waals surface area (Å²) in [5.41, 5.74) is 4.31. The minimum absolute atomic E-state index is 0.712. The minimum Gasteiger partial charge on any atom is -0.298 e. The monoisotopic (exact) mass is 284 g/mol. The minimum atomic E-state index is 0.712. The highest BCUT2D eigenvalue weighted by Gasteiger charge is 2.05. The van der Waals surface area contributed by atoms with Gasteiger partial charge < -0.3 is 0 Å². The van der Waals surface area contributed by atoms with Crippen LogP contribution in [0, 0.1) is 18.3 Å². The Morgan fingerprint density at radius 2 is 1.95 bits per heavy atom. The highest BCUT2D eigenvalue weighted by atomic mass is 35.5. The second-order valence-corrected chi connectivity index (χ2v) is 5.49. The van der Waals surface area contributed by atoms with Crippen molar-refractivity contribution in [2.24, 2.45) is 0 Å². The van der Waals surface area contributed by atoms with Crippen molar-refractivity contribution in [1.29, 1.82) is 5.26 Å². The summed E-state index contributed by atoms with van der Waals surface area (Å²) in [7, 11) is 2.08. The molecule has 102 valence electrons. The van der Waals surface area contributed by atoms with Gasteiger partial charge in [-0.1, -0.05) is 29.8 Å². The largest absolute Gasteiger partial charge is 0.298 e. The first-order valence-corrected chi connectivity index (χ1v) is 6.89. The lowest BCUT2D eigenvalue weighted by Gasteiger charge is -2.18. The normalized spacial score (nSPS) is 10.6. The molecule has 0 amide bonds. The summed E-state index contributed by atoms with van der Waals surface area (Å²) in [5, 5.41) is 9.65. The van der Waals surface area contributed by atoms with Crippen molar-refractivity contribution >= 4 is 11.6 Å². The lowest BCUT2D eigenvalue weighted by Crippen LogP contribution is -2.17. The van der Waals surface area contributed by atoms with Crippen LogP contribution >= 0.6 is 11.6 Å². The maximum absolute atomic E-state index is 8.88. The molecule has 0 aliphatic rings. The van der Waals surface area contributed by atoms with Gasteiger partial charge in [-0.15, -0.1) is 0 Å². The number of hydrogen-bond donors (Lipinski definition) is 0. The van der Waals surface area contributed by atoms with Crippen molar-refractivity contribution < 1.29 is 0 Å². The van der Waals surface area contributed by atoms with Gasteiger partial charge in [-0.2, -0.15) is 5.26 Å². The molecule has 0 heterocycles. The summed E-state index contributed by atoms with van der Waals surface area (Å²) >= 11 is 6.00. The zero-order valence-electron chi connectivity index (χ0n) is 11.7. The van der Waals surface area contributed by atoms with Gasteiger partial charge in [0.1, 0.15) is 0 Å². The van der Waals surface area contributed by atoms with Crippen LogP contribution in [0.2, 0.25) is 5.02 Å². The van der Waals surface area contributed by atoms with E-state index in [-0.39, 0.29) is 0 Å². The number of nitriles is 1. The summed E-state index contributed by atoms with van der Waals surface area (Å²) in [5.74, 6) is 0. The Morgan fingerprint density at radius 1 is 1.15 bits per heavy atom. The predicted molar refractivity (Wildman–Crippen MR) is 82.5 cm³/mol. The van der Waals surface area contributed by atoms with Crippen molar-refractivity contribution in [3.05, 3.63) is 69.7 Å². The van der Waals surface area contributed by atoms with E-state index in [1.807, 2.05) is 43.3 Å². The second kappa shape index (κ2) is 6.56. The molecule has 3 heteroatoms. The fraction of sp³-hybridized carbons (Fsp3) is 0.235. The fourth-order valence-electron chi connectivity index (χ4n) is 2.24. The highest BCUT2D eigenvalue weighted by Crippen LogP contribution is 2.16. The van der Waals surface area contributed by atoms with Gasteiger partial charge in [0.2, 0.25) is 0 Å². The molecule has 0 N–H and O–H groups in total. The molecular weight excluding hydrogens is 268 g/mol. The maximum atomic E-state index is 8.88. The molecule has 20 heavy (non-hydrogen) atoms. The van der Waals surface area contributed by atoms with Gasteiger partial charge in [-0.25, -0.2) is 0 Å². The van der Waals surface area contributed by atoms with E-state index in [2.05, 4.69) is 24.1 Å². The van der Waals surface area contributed by atoms with Crippen LogP contribution in [0.15, 0.2) is 42.5 Å². The third kappa shape index (κ3) is 3.84. The lowest BCUT2D eigenvalue weighted by atomic mass is 10.1. The van der Waals surface area contributed by atoms with Gasteiger partial charge in [-0.3, -0.25) is 4.90 Å². The van der Waals surface area contributed by atoms with Crippen molar-refractivity contribution in [2.45, 2.75) is 20.0 Å². The first-order chi connectivity index (χ1) is 9.58. The third-order valence-corrected chi connectivity index (χ3v) is 3.49. The zero-order valence-corrected chi connectivity index (χ0v) is 12.5. The molecule has 0 saturated heterocycles. The summed E-state index contributed by atoms with van der Waals surface area (Å²) in [6.45, 7) is 3.74. The van der Waals surface area contributed by atoms with E-state index in [9.17, 15) is 0 Å². The van der Waals surface area contributed by atoms with E-state index in [4.69, 9.17) is 16.9 Å². The fourth-order valence-corrected chi connectivity index (χ4v) is 2.45. The number of aryl methyl sites for hydroxylation is 1. The van der Waals surface area contributed by atoms with Crippen LogP contribution in [-0.2, 0) is 13.1 Å². The molecule has 0 bridgehead atoms. The Hall–Kier alpha value is -1.82. The maximum Gasteiger partial charge on any atom is 0.0991 e. The molecule has 0 fully saturated rings. The lowest BCUT2D eigenvalue weighted by molar-refractivity contribution is 0.318. The standard InChI is InChI=1S/C17H17ClN2/c1-13-8-14(10-19)6-7-16(13)12-20(2)11-15-4-3-5-17(18)9-15/h3-9H,11-12H2,1-2H3. The molecular formula is C17H17ClN2. The molecule has 2 rings (SSSR count). The van der Waals surface area contributed by atoms with E-state index in [0.29, 0.717) is 5.56 Å². The van der Waals surface area contributed by atoms with Gasteiger partial charge >= 0.3 is 0 Å². The van der Waals surface area contributed by atoms with E-state index in [0.717, 1.165) is 23.7 Å². The molecule has 0 aliphatic heterocycles. The van der Waals surface area contributed by atoms with Crippen molar-refractivity contribution in [3.63, 3.8) is 0 Å². The Morgan fingerprint density at radius 3 is 2.60 bits per heavy atom. The summed E-state index contributed by atoms with van der Waals surface area (Å²) in [4.78, 5) is 2.24. The van der Waals surface area contributed by atoms with Crippen LogP contribution in [0.25, 0.3) is 0 Å². The van der Waals surface area contributed by atoms with E-state index in [1.54, 1.807) is 0 Å². The smallest absolute Gasteiger partial charge is 0.0991 e. The van der Waals surface area contributed by atoms with E-state index in [1.165, 1.54) is 11.1 Å². The Kier molecular flexibility index (Phi) is 4.79. The average Bonchev–Trinajstić information content (AvgIpc) is 2.41. The first kappa shape index (κ1) is 14.6. The van der Waals surface area contributed by atoms with Gasteiger partial charge in [-0.05, 0) is 54.9 Å². The first-order valence-electron chi connectivity index (χ1n) is 6.51. The summed E-state index contributed by atoms with van der Waals surface area (Å²) in [6.07, 6.45) is 0. The summed E-state index contributed by atoms with van der Waals surface area (Å²) < 4.78 is 0. The number of rotatable bonds is 4. The average molecular weight is 285 g/mol. The van der Waals surface area contributed by atoms with Crippen LogP contribution in [0.5, 0.6) is 0 Å². The number of nitrogens with zero attached hydrogens (tertiary/aromatic N) is 2.